The second-order valence-electron chi connectivity index (χ2n) is 1.05. The zero-order valence-electron chi connectivity index (χ0n) is 4.01. The van der Waals surface area contributed by atoms with Gasteiger partial charge in [0.2, 0.25) is 0 Å². The van der Waals surface area contributed by atoms with Crippen LogP contribution in [0.15, 0.2) is 0 Å². The molecular weight excluding hydrogens is 235 g/mol. The first-order chi connectivity index (χ1) is 3.71. The van der Waals surface area contributed by atoms with Gasteiger partial charge in [-0.1, -0.05) is 0 Å². The minimum absolute atomic E-state index is 1.75. The molecule has 0 aliphatic heterocycles. The summed E-state index contributed by atoms with van der Waals surface area (Å²) in [6, 6.07) is 0. The van der Waals surface area contributed by atoms with Crippen molar-refractivity contribution in [3.8, 4) is 0 Å². The second-order valence-corrected chi connectivity index (χ2v) is 12.0. The average Bonchev–Trinajstić information content (AvgIpc) is 1.14. The van der Waals surface area contributed by atoms with Crippen LogP contribution in [0, 0.1) is 0 Å². The first kappa shape index (κ1) is 9.34. The molecule has 0 spiro atoms. The Morgan fingerprint density at radius 2 is 1.11 bits per heavy atom. The Kier molecular flexibility index (Phi) is 2.62. The molecule has 0 fully saturated rings. The van der Waals surface area contributed by atoms with Gasteiger partial charge in [-0.25, -0.2) is 0 Å². The van der Waals surface area contributed by atoms with Gasteiger partial charge < -0.3 is 0 Å². The number of nitrogens with two attached hydrogens (primary N) is 2. The molecule has 9 heavy (non-hydrogen) atoms. The Bertz CT molecular complexity index is 242. The van der Waals surface area contributed by atoms with Crippen LogP contribution in [0.3, 0.4) is 0 Å². The summed E-state index contributed by atoms with van der Waals surface area (Å²) < 4.78 is 40.0. The normalized spacial score (nSPS) is 13.6. The first-order valence-electron chi connectivity index (χ1n) is 1.47. The molecule has 0 aliphatic carbocycles. The minimum atomic E-state index is -3.93. The van der Waals surface area contributed by atoms with E-state index in [1.54, 1.807) is 0 Å². The summed E-state index contributed by atoms with van der Waals surface area (Å²) >= 11 is -1.75. The third-order valence-corrected chi connectivity index (χ3v) is 8.87. The van der Waals surface area contributed by atoms with E-state index in [2.05, 4.69) is 10.3 Å². The summed E-state index contributed by atoms with van der Waals surface area (Å²) in [6.45, 7) is 0. The van der Waals surface area contributed by atoms with Crippen molar-refractivity contribution in [2.75, 3.05) is 0 Å². The molecule has 0 heterocycles. The molecule has 0 saturated heterocycles. The number of hydrogen-bond acceptors (Lipinski definition) is 4. The quantitative estimate of drug-likeness (QED) is 0.502. The van der Waals surface area contributed by atoms with Crippen molar-refractivity contribution in [1.82, 2.24) is 0 Å². The molecule has 0 rings (SSSR count). The van der Waals surface area contributed by atoms with Gasteiger partial charge >= 0.3 is 56.7 Å². The zero-order chi connectivity index (χ0) is 7.71. The first-order valence-corrected chi connectivity index (χ1v) is 8.61. The summed E-state index contributed by atoms with van der Waals surface area (Å²) in [6.07, 6.45) is 0. The van der Waals surface area contributed by atoms with Gasteiger partial charge in [0.1, 0.15) is 0 Å². The third kappa shape index (κ3) is 8.34. The van der Waals surface area contributed by atoms with Gasteiger partial charge in [-0.2, -0.15) is 0 Å². The van der Waals surface area contributed by atoms with Gasteiger partial charge in [-0.3, -0.25) is 0 Å². The molecule has 0 bridgehead atoms. The number of hydrogen-bond donors (Lipinski definition) is 2. The molecule has 4 N–H and O–H groups in total. The van der Waals surface area contributed by atoms with Crippen LogP contribution in [0.2, 0.25) is 0 Å². The summed E-state index contributed by atoms with van der Waals surface area (Å²) in [5, 5.41) is 8.72. The second kappa shape index (κ2) is 2.52. The van der Waals surface area contributed by atoms with Gasteiger partial charge in [0.15, 0.2) is 0 Å². The van der Waals surface area contributed by atoms with Crippen molar-refractivity contribution in [1.29, 1.82) is 0 Å². The molecule has 0 saturated carbocycles. The fraction of sp³-hybridized carbons (Fsp3) is 0. The van der Waals surface area contributed by atoms with Gasteiger partial charge in [-0.15, -0.1) is 0 Å². The zero-order valence-corrected chi connectivity index (χ0v) is 7.36. The predicted molar refractivity (Wildman–Crippen MR) is 32.0 cm³/mol. The van der Waals surface area contributed by atoms with Gasteiger partial charge in [-0.05, 0) is 0 Å². The van der Waals surface area contributed by atoms with Crippen molar-refractivity contribution in [2.24, 2.45) is 10.3 Å². The van der Waals surface area contributed by atoms with E-state index >= 15 is 0 Å². The Morgan fingerprint density at radius 1 is 0.889 bits per heavy atom. The Hall–Kier alpha value is 0.339. The Balaban J connectivity index is 4.46. The van der Waals surface area contributed by atoms with Crippen molar-refractivity contribution in [3.63, 3.8) is 0 Å². The molecule has 0 unspecified atom stereocenters. The van der Waals surface area contributed by atoms with Crippen LogP contribution in [0.1, 0.15) is 0 Å². The summed E-state index contributed by atoms with van der Waals surface area (Å²) in [5.41, 5.74) is 0. The molecule has 56 valence electrons. The Labute approximate surface area is 57.0 Å². The SMILES string of the molecule is NS(=O)(=O)[Se]S(N)(=O)=O. The van der Waals surface area contributed by atoms with E-state index in [0.717, 1.165) is 0 Å². The van der Waals surface area contributed by atoms with Gasteiger partial charge in [0, 0.05) is 0 Å². The van der Waals surface area contributed by atoms with Crippen molar-refractivity contribution >= 4 is 29.6 Å². The maximum atomic E-state index is 9.99. The molecule has 9 heteroatoms. The Morgan fingerprint density at radius 3 is 1.11 bits per heavy atom. The van der Waals surface area contributed by atoms with E-state index in [1.165, 1.54) is 0 Å². The van der Waals surface area contributed by atoms with Crippen LogP contribution in [-0.4, -0.2) is 29.6 Å². The summed E-state index contributed by atoms with van der Waals surface area (Å²) in [4.78, 5) is 0. The maximum absolute atomic E-state index is 9.99. The molecule has 6 nitrogen and oxygen atoms in total. The molecule has 0 atom stereocenters. The van der Waals surface area contributed by atoms with Gasteiger partial charge in [0.05, 0.1) is 0 Å². The fourth-order valence-corrected chi connectivity index (χ4v) is 6.18. The van der Waals surface area contributed by atoms with Crippen molar-refractivity contribution in [3.05, 3.63) is 0 Å². The van der Waals surface area contributed by atoms with E-state index in [9.17, 15) is 16.8 Å². The predicted octanol–water partition coefficient (Wildman–Crippen LogP) is -2.90. The molecule has 0 radical (unpaired) electrons. The van der Waals surface area contributed by atoms with E-state index < -0.39 is 29.6 Å². The molecule has 0 aromatic rings. The van der Waals surface area contributed by atoms with Crippen LogP contribution in [-0.2, 0) is 16.9 Å². The number of rotatable bonds is 2. The molecule has 0 aromatic carbocycles. The molecule has 0 aliphatic rings. The van der Waals surface area contributed by atoms with Crippen molar-refractivity contribution < 1.29 is 16.8 Å². The molecule has 0 aromatic heterocycles. The van der Waals surface area contributed by atoms with Crippen LogP contribution in [0.25, 0.3) is 0 Å². The van der Waals surface area contributed by atoms with Crippen LogP contribution in [0.4, 0.5) is 0 Å². The van der Waals surface area contributed by atoms with Gasteiger partial charge in [0.25, 0.3) is 0 Å². The van der Waals surface area contributed by atoms with Crippen LogP contribution < -0.4 is 10.3 Å². The van der Waals surface area contributed by atoms with E-state index in [4.69, 9.17) is 0 Å². The summed E-state index contributed by atoms with van der Waals surface area (Å²) in [5.74, 6) is 0. The van der Waals surface area contributed by atoms with Crippen molar-refractivity contribution in [2.45, 2.75) is 0 Å². The van der Waals surface area contributed by atoms with E-state index in [-0.39, 0.29) is 0 Å². The fourth-order valence-electron chi connectivity index (χ4n) is 0.132. The third-order valence-electron chi connectivity index (χ3n) is 0.190. The monoisotopic (exact) mass is 240 g/mol. The summed E-state index contributed by atoms with van der Waals surface area (Å²) in [7, 11) is -7.86. The standard InChI is InChI=1S/H4N2O4S2Se/c1-7(3,4)9-8(2,5)6/h(H2,1,3,4)(H2,2,5,6). The molecule has 0 amide bonds. The van der Waals surface area contributed by atoms with E-state index in [0.29, 0.717) is 0 Å². The molecular formula is H4N2O4S2Se. The van der Waals surface area contributed by atoms with E-state index in [1.807, 2.05) is 0 Å². The van der Waals surface area contributed by atoms with Crippen LogP contribution >= 0.6 is 0 Å². The average molecular weight is 239 g/mol. The van der Waals surface area contributed by atoms with Crippen LogP contribution in [0.5, 0.6) is 0 Å². The topological polar surface area (TPSA) is 120 Å².